The normalized spacial score (nSPS) is 24.0. The van der Waals surface area contributed by atoms with E-state index in [4.69, 9.17) is 9.47 Å². The zero-order valence-electron chi connectivity index (χ0n) is 15.8. The summed E-state index contributed by atoms with van der Waals surface area (Å²) in [7, 11) is 0. The molecule has 2 unspecified atom stereocenters. The van der Waals surface area contributed by atoms with Gasteiger partial charge in [-0.2, -0.15) is 0 Å². The molecule has 1 heterocycles. The van der Waals surface area contributed by atoms with E-state index in [2.05, 4.69) is 21.2 Å². The van der Waals surface area contributed by atoms with Crippen molar-refractivity contribution in [3.05, 3.63) is 64.6 Å². The van der Waals surface area contributed by atoms with Crippen molar-refractivity contribution >= 4 is 39.6 Å². The molecule has 2 N–H and O–H groups in total. The van der Waals surface area contributed by atoms with Crippen LogP contribution in [0.1, 0.15) is 23.7 Å². The van der Waals surface area contributed by atoms with Crippen LogP contribution < -0.4 is 5.32 Å². The van der Waals surface area contributed by atoms with Gasteiger partial charge in [0.2, 0.25) is 0 Å². The molecule has 4 atom stereocenters. The minimum atomic E-state index is -0.885. The molecule has 0 spiro atoms. The summed E-state index contributed by atoms with van der Waals surface area (Å²) in [6.45, 7) is 1.39. The number of rotatable bonds is 6. The quantitative estimate of drug-likeness (QED) is 0.617. The lowest BCUT2D eigenvalue weighted by Gasteiger charge is -2.39. The third kappa shape index (κ3) is 6.30. The second-order valence-corrected chi connectivity index (χ2v) is 8.88. The van der Waals surface area contributed by atoms with E-state index in [0.717, 1.165) is 9.37 Å². The maximum atomic E-state index is 12.4. The van der Waals surface area contributed by atoms with Gasteiger partial charge in [-0.1, -0.05) is 34.1 Å². The van der Waals surface area contributed by atoms with Crippen molar-refractivity contribution in [3.63, 3.8) is 0 Å². The van der Waals surface area contributed by atoms with E-state index in [9.17, 15) is 14.7 Å². The van der Waals surface area contributed by atoms with E-state index in [1.807, 2.05) is 30.3 Å². The largest absolute Gasteiger partial charge is 0.463 e. The van der Waals surface area contributed by atoms with Crippen molar-refractivity contribution in [2.45, 2.75) is 41.9 Å². The summed E-state index contributed by atoms with van der Waals surface area (Å²) in [5, 5.41) is 13.2. The molecule has 0 radical (unpaired) electrons. The second-order valence-electron chi connectivity index (χ2n) is 6.65. The summed E-state index contributed by atoms with van der Waals surface area (Å²) >= 11 is 4.96. The van der Waals surface area contributed by atoms with Gasteiger partial charge in [0, 0.05) is 27.1 Å². The van der Waals surface area contributed by atoms with Gasteiger partial charge in [-0.25, -0.2) is 0 Å². The molecule has 1 amide bonds. The molecule has 2 aromatic carbocycles. The molecule has 3 rings (SSSR count). The minimum Gasteiger partial charge on any atom is -0.463 e. The molecular formula is C21H22BrNO5S. The number of carbonyl (C=O) groups is 2. The Morgan fingerprint density at radius 1 is 1.21 bits per heavy atom. The van der Waals surface area contributed by atoms with Crippen LogP contribution >= 0.6 is 27.7 Å². The molecule has 29 heavy (non-hydrogen) atoms. The monoisotopic (exact) mass is 479 g/mol. The Bertz CT molecular complexity index is 833. The summed E-state index contributed by atoms with van der Waals surface area (Å²) in [5.41, 5.74) is 0.478. The predicted molar refractivity (Wildman–Crippen MR) is 114 cm³/mol. The fourth-order valence-electron chi connectivity index (χ4n) is 2.97. The fraction of sp³-hybridized carbons (Fsp3) is 0.333. The molecule has 1 aliphatic rings. The van der Waals surface area contributed by atoms with Gasteiger partial charge in [0.05, 0.1) is 6.10 Å². The Morgan fingerprint density at radius 3 is 2.55 bits per heavy atom. The predicted octanol–water partition coefficient (Wildman–Crippen LogP) is 3.38. The average molecular weight is 480 g/mol. The summed E-state index contributed by atoms with van der Waals surface area (Å²) in [4.78, 5) is 24.7. The van der Waals surface area contributed by atoms with Crippen LogP contribution in [0.15, 0.2) is 64.0 Å². The molecule has 1 saturated heterocycles. The van der Waals surface area contributed by atoms with E-state index in [1.165, 1.54) is 6.92 Å². The summed E-state index contributed by atoms with van der Waals surface area (Å²) in [6.07, 6.45) is -1.86. The zero-order chi connectivity index (χ0) is 20.8. The van der Waals surface area contributed by atoms with Crippen molar-refractivity contribution < 1.29 is 24.2 Å². The van der Waals surface area contributed by atoms with Crippen LogP contribution in [-0.2, 0) is 14.3 Å². The number of amides is 1. The molecule has 1 fully saturated rings. The van der Waals surface area contributed by atoms with Gasteiger partial charge in [0.1, 0.15) is 12.7 Å². The number of carbonyl (C=O) groups excluding carboxylic acids is 2. The molecule has 2 aromatic rings. The summed E-state index contributed by atoms with van der Waals surface area (Å²) in [6, 6.07) is 16.5. The van der Waals surface area contributed by atoms with Gasteiger partial charge < -0.3 is 19.9 Å². The highest BCUT2D eigenvalue weighted by Gasteiger charge is 2.39. The van der Waals surface area contributed by atoms with Gasteiger partial charge in [-0.15, -0.1) is 11.8 Å². The lowest BCUT2D eigenvalue weighted by molar-refractivity contribution is -0.160. The molecule has 0 aliphatic carbocycles. The van der Waals surface area contributed by atoms with E-state index < -0.39 is 24.4 Å². The van der Waals surface area contributed by atoms with Gasteiger partial charge in [0.15, 0.2) is 6.23 Å². The van der Waals surface area contributed by atoms with Crippen molar-refractivity contribution in [1.82, 2.24) is 5.32 Å². The van der Waals surface area contributed by atoms with Crippen LogP contribution in [0, 0.1) is 0 Å². The molecule has 154 valence electrons. The molecule has 0 bridgehead atoms. The summed E-state index contributed by atoms with van der Waals surface area (Å²) in [5.74, 6) is -0.739. The number of aliphatic hydroxyl groups excluding tert-OH is 1. The first kappa shape index (κ1) is 21.8. The zero-order valence-corrected chi connectivity index (χ0v) is 18.2. The van der Waals surface area contributed by atoms with Crippen LogP contribution in [0.4, 0.5) is 0 Å². The molecular weight excluding hydrogens is 458 g/mol. The Balaban J connectivity index is 1.70. The molecule has 0 aromatic heterocycles. The lowest BCUT2D eigenvalue weighted by atomic mass is 10.0. The average Bonchev–Trinajstić information content (AvgIpc) is 2.71. The third-order valence-corrected chi connectivity index (χ3v) is 6.29. The summed E-state index contributed by atoms with van der Waals surface area (Å²) < 4.78 is 12.1. The van der Waals surface area contributed by atoms with Gasteiger partial charge in [-0.05, 0) is 42.8 Å². The van der Waals surface area contributed by atoms with E-state index in [1.54, 1.807) is 36.0 Å². The van der Waals surface area contributed by atoms with Crippen molar-refractivity contribution in [1.29, 1.82) is 0 Å². The van der Waals surface area contributed by atoms with Gasteiger partial charge >= 0.3 is 5.97 Å². The Kier molecular flexibility index (Phi) is 7.71. The fourth-order valence-corrected chi connectivity index (χ4v) is 4.47. The Labute approximate surface area is 182 Å². The number of aliphatic hydroxyl groups is 1. The Morgan fingerprint density at radius 2 is 1.90 bits per heavy atom. The topological polar surface area (TPSA) is 84.9 Å². The van der Waals surface area contributed by atoms with E-state index in [0.29, 0.717) is 12.0 Å². The number of esters is 1. The van der Waals surface area contributed by atoms with Crippen LogP contribution in [-0.4, -0.2) is 47.3 Å². The highest BCUT2D eigenvalue weighted by Crippen LogP contribution is 2.35. The standard InChI is InChI=1S/C21H22BrNO5S/c1-13(24)27-12-18-19(29-16-9-7-15(22)8-10-16)11-17(25)21(28-18)23-20(26)14-5-3-2-4-6-14/h2-10,17-19,21,25H,11-12H2,1H3,(H,23,26)/t17?,18-,19?,21-/m1/s1. The maximum Gasteiger partial charge on any atom is 0.302 e. The van der Waals surface area contributed by atoms with E-state index >= 15 is 0 Å². The maximum absolute atomic E-state index is 12.4. The van der Waals surface area contributed by atoms with Crippen LogP contribution in [0.3, 0.4) is 0 Å². The Hall–Kier alpha value is -1.87. The van der Waals surface area contributed by atoms with Crippen molar-refractivity contribution in [2.24, 2.45) is 0 Å². The molecule has 0 saturated carbocycles. The number of benzene rings is 2. The number of hydrogen-bond acceptors (Lipinski definition) is 6. The second kappa shape index (κ2) is 10.2. The number of thioether (sulfide) groups is 1. The first-order valence-electron chi connectivity index (χ1n) is 9.17. The van der Waals surface area contributed by atoms with Gasteiger partial charge in [-0.3, -0.25) is 9.59 Å². The highest BCUT2D eigenvalue weighted by molar-refractivity contribution is 9.10. The van der Waals surface area contributed by atoms with Crippen LogP contribution in [0.5, 0.6) is 0 Å². The van der Waals surface area contributed by atoms with Crippen molar-refractivity contribution in [2.75, 3.05) is 6.61 Å². The molecule has 1 aliphatic heterocycles. The highest BCUT2D eigenvalue weighted by atomic mass is 79.9. The smallest absolute Gasteiger partial charge is 0.302 e. The number of nitrogens with one attached hydrogen (secondary N) is 1. The van der Waals surface area contributed by atoms with Crippen molar-refractivity contribution in [3.8, 4) is 0 Å². The number of halogens is 1. The number of ether oxygens (including phenoxy) is 2. The third-order valence-electron chi connectivity index (χ3n) is 4.42. The first-order chi connectivity index (χ1) is 13.9. The van der Waals surface area contributed by atoms with Gasteiger partial charge in [0.25, 0.3) is 5.91 Å². The first-order valence-corrected chi connectivity index (χ1v) is 10.8. The number of hydrogen-bond donors (Lipinski definition) is 2. The van der Waals surface area contributed by atoms with Crippen LogP contribution in [0.2, 0.25) is 0 Å². The SMILES string of the molecule is CC(=O)OC[C@H]1O[C@@H](NC(=O)c2ccccc2)C(O)CC1Sc1ccc(Br)cc1. The molecule has 6 nitrogen and oxygen atoms in total. The minimum absolute atomic E-state index is 0.0496. The molecule has 8 heteroatoms. The lowest BCUT2D eigenvalue weighted by Crippen LogP contribution is -2.55. The van der Waals surface area contributed by atoms with E-state index in [-0.39, 0.29) is 17.8 Å². The van der Waals surface area contributed by atoms with Crippen LogP contribution in [0.25, 0.3) is 0 Å².